The van der Waals surface area contributed by atoms with Crippen LogP contribution in [0.15, 0.2) is 0 Å². The van der Waals surface area contributed by atoms with Crippen LogP contribution in [0.5, 0.6) is 0 Å². The Balaban J connectivity index is 2.54. The number of carbonyl (C=O) groups excluding carboxylic acids is 1. The van der Waals surface area contributed by atoms with Crippen molar-refractivity contribution in [3.63, 3.8) is 0 Å². The zero-order chi connectivity index (χ0) is 17.8. The summed E-state index contributed by atoms with van der Waals surface area (Å²) in [6, 6.07) is 0.540. The lowest BCUT2D eigenvalue weighted by molar-refractivity contribution is 0.0465. The first-order chi connectivity index (χ1) is 10.4. The fourth-order valence-electron chi connectivity index (χ4n) is 3.45. The molecular formula is C19H38N2O2. The van der Waals surface area contributed by atoms with Crippen molar-refractivity contribution in [2.75, 3.05) is 6.54 Å². The molecule has 0 bridgehead atoms. The number of amides is 1. The van der Waals surface area contributed by atoms with Crippen LogP contribution in [0.2, 0.25) is 0 Å². The summed E-state index contributed by atoms with van der Waals surface area (Å²) in [6.45, 7) is 17.5. The molecule has 0 radical (unpaired) electrons. The van der Waals surface area contributed by atoms with Crippen molar-refractivity contribution in [3.8, 4) is 0 Å². The van der Waals surface area contributed by atoms with Crippen LogP contribution in [0.3, 0.4) is 0 Å². The van der Waals surface area contributed by atoms with Crippen LogP contribution in [0, 0.1) is 17.8 Å². The summed E-state index contributed by atoms with van der Waals surface area (Å²) in [4.78, 5) is 12.0. The summed E-state index contributed by atoms with van der Waals surface area (Å²) >= 11 is 0. The van der Waals surface area contributed by atoms with Gasteiger partial charge in [-0.3, -0.25) is 0 Å². The van der Waals surface area contributed by atoms with Crippen LogP contribution in [0.25, 0.3) is 0 Å². The third-order valence-corrected chi connectivity index (χ3v) is 4.67. The van der Waals surface area contributed by atoms with E-state index < -0.39 is 5.60 Å². The number of nitrogens with one attached hydrogen (secondary N) is 2. The third-order valence-electron chi connectivity index (χ3n) is 4.67. The standard InChI is InChI=1S/C19H38N2O2/c1-13(2)15-10-9-14(3)11-16(15)20-12-19(7,8)21-17(22)23-18(4,5)6/h13-16,20H,9-12H2,1-8H3,(H,21,22). The van der Waals surface area contributed by atoms with Gasteiger partial charge in [-0.05, 0) is 65.2 Å². The van der Waals surface area contributed by atoms with Gasteiger partial charge < -0.3 is 15.4 Å². The molecule has 0 heterocycles. The number of rotatable bonds is 5. The van der Waals surface area contributed by atoms with Gasteiger partial charge in [0.25, 0.3) is 0 Å². The molecule has 1 aliphatic rings. The lowest BCUT2D eigenvalue weighted by Crippen LogP contribution is -2.55. The van der Waals surface area contributed by atoms with Crippen LogP contribution >= 0.6 is 0 Å². The third kappa shape index (κ3) is 7.56. The molecule has 0 aromatic rings. The number of hydrogen-bond acceptors (Lipinski definition) is 3. The molecule has 1 aliphatic carbocycles. The molecule has 1 rings (SSSR count). The Morgan fingerprint density at radius 3 is 2.30 bits per heavy atom. The van der Waals surface area contributed by atoms with Crippen molar-refractivity contribution in [1.82, 2.24) is 10.6 Å². The second-order valence-electron chi connectivity index (χ2n) is 9.32. The van der Waals surface area contributed by atoms with Crippen molar-refractivity contribution in [1.29, 1.82) is 0 Å². The maximum Gasteiger partial charge on any atom is 0.408 e. The Hall–Kier alpha value is -0.770. The Kier molecular flexibility index (Phi) is 6.94. The topological polar surface area (TPSA) is 50.4 Å². The predicted molar refractivity (Wildman–Crippen MR) is 96.6 cm³/mol. The number of alkyl carbamates (subject to hydrolysis) is 1. The van der Waals surface area contributed by atoms with Gasteiger partial charge in [-0.15, -0.1) is 0 Å². The highest BCUT2D eigenvalue weighted by Gasteiger charge is 2.32. The normalized spacial score (nSPS) is 26.2. The molecule has 0 saturated heterocycles. The highest BCUT2D eigenvalue weighted by atomic mass is 16.6. The minimum Gasteiger partial charge on any atom is -0.444 e. The first-order valence-electron chi connectivity index (χ1n) is 9.14. The van der Waals surface area contributed by atoms with E-state index in [-0.39, 0.29) is 11.6 Å². The first kappa shape index (κ1) is 20.3. The van der Waals surface area contributed by atoms with Crippen LogP contribution in [0.1, 0.15) is 74.7 Å². The molecule has 1 fully saturated rings. The van der Waals surface area contributed by atoms with E-state index in [1.165, 1.54) is 19.3 Å². The summed E-state index contributed by atoms with van der Waals surface area (Å²) in [7, 11) is 0. The minimum absolute atomic E-state index is 0.329. The molecule has 23 heavy (non-hydrogen) atoms. The number of hydrogen-bond donors (Lipinski definition) is 2. The summed E-state index contributed by atoms with van der Waals surface area (Å²) in [6.07, 6.45) is 3.52. The smallest absolute Gasteiger partial charge is 0.408 e. The predicted octanol–water partition coefficient (Wildman–Crippen LogP) is 4.34. The molecule has 136 valence electrons. The molecule has 1 amide bonds. The molecule has 0 aliphatic heterocycles. The zero-order valence-electron chi connectivity index (χ0n) is 16.5. The molecule has 3 atom stereocenters. The van der Waals surface area contributed by atoms with E-state index in [9.17, 15) is 4.79 Å². The van der Waals surface area contributed by atoms with Gasteiger partial charge in [-0.25, -0.2) is 4.79 Å². The van der Waals surface area contributed by atoms with Gasteiger partial charge in [0.1, 0.15) is 5.60 Å². The Labute approximate surface area is 143 Å². The van der Waals surface area contributed by atoms with Gasteiger partial charge in [0.15, 0.2) is 0 Å². The molecule has 1 saturated carbocycles. The van der Waals surface area contributed by atoms with Crippen molar-refractivity contribution in [2.45, 2.75) is 91.8 Å². The fourth-order valence-corrected chi connectivity index (χ4v) is 3.45. The lowest BCUT2D eigenvalue weighted by atomic mass is 9.74. The number of ether oxygens (including phenoxy) is 1. The van der Waals surface area contributed by atoms with Gasteiger partial charge in [0, 0.05) is 12.6 Å². The molecule has 4 heteroatoms. The second kappa shape index (κ2) is 7.87. The lowest BCUT2D eigenvalue weighted by Gasteiger charge is -2.40. The SMILES string of the molecule is CC1CCC(C(C)C)C(NCC(C)(C)NC(=O)OC(C)(C)C)C1. The van der Waals surface area contributed by atoms with Gasteiger partial charge in [-0.2, -0.15) is 0 Å². The van der Waals surface area contributed by atoms with Crippen LogP contribution < -0.4 is 10.6 Å². The molecular weight excluding hydrogens is 288 g/mol. The Morgan fingerprint density at radius 2 is 1.78 bits per heavy atom. The Morgan fingerprint density at radius 1 is 1.17 bits per heavy atom. The van der Waals surface area contributed by atoms with Crippen molar-refractivity contribution in [2.24, 2.45) is 17.8 Å². The molecule has 0 aromatic carbocycles. The molecule has 0 spiro atoms. The van der Waals surface area contributed by atoms with Gasteiger partial charge in [-0.1, -0.05) is 27.2 Å². The first-order valence-corrected chi connectivity index (χ1v) is 9.14. The monoisotopic (exact) mass is 326 g/mol. The molecule has 2 N–H and O–H groups in total. The quantitative estimate of drug-likeness (QED) is 0.790. The Bertz CT molecular complexity index is 385. The van der Waals surface area contributed by atoms with E-state index in [1.807, 2.05) is 34.6 Å². The van der Waals surface area contributed by atoms with E-state index in [0.29, 0.717) is 12.0 Å². The van der Waals surface area contributed by atoms with Crippen molar-refractivity contribution >= 4 is 6.09 Å². The van der Waals surface area contributed by atoms with E-state index >= 15 is 0 Å². The van der Waals surface area contributed by atoms with Crippen LogP contribution in [0.4, 0.5) is 4.79 Å². The van der Waals surface area contributed by atoms with E-state index in [0.717, 1.165) is 18.4 Å². The molecule has 3 unspecified atom stereocenters. The maximum absolute atomic E-state index is 12.0. The molecule has 4 nitrogen and oxygen atoms in total. The van der Waals surface area contributed by atoms with E-state index in [1.54, 1.807) is 0 Å². The minimum atomic E-state index is -0.463. The van der Waals surface area contributed by atoms with Gasteiger partial charge >= 0.3 is 6.09 Å². The highest BCUT2D eigenvalue weighted by Crippen LogP contribution is 2.33. The summed E-state index contributed by atoms with van der Waals surface area (Å²) in [5, 5.41) is 6.71. The van der Waals surface area contributed by atoms with Crippen LogP contribution in [-0.2, 0) is 4.74 Å². The average molecular weight is 327 g/mol. The maximum atomic E-state index is 12.0. The van der Waals surface area contributed by atoms with Gasteiger partial charge in [0.2, 0.25) is 0 Å². The highest BCUT2D eigenvalue weighted by molar-refractivity contribution is 5.68. The van der Waals surface area contributed by atoms with E-state index in [2.05, 4.69) is 31.4 Å². The zero-order valence-corrected chi connectivity index (χ0v) is 16.5. The van der Waals surface area contributed by atoms with Gasteiger partial charge in [0.05, 0.1) is 5.54 Å². The van der Waals surface area contributed by atoms with Crippen LogP contribution in [-0.4, -0.2) is 29.8 Å². The van der Waals surface area contributed by atoms with Crippen molar-refractivity contribution in [3.05, 3.63) is 0 Å². The average Bonchev–Trinajstić information content (AvgIpc) is 2.33. The largest absolute Gasteiger partial charge is 0.444 e. The van der Waals surface area contributed by atoms with E-state index in [4.69, 9.17) is 4.74 Å². The number of carbonyl (C=O) groups is 1. The fraction of sp³-hybridized carbons (Fsp3) is 0.947. The summed E-state index contributed by atoms with van der Waals surface area (Å²) in [5.41, 5.74) is -0.792. The summed E-state index contributed by atoms with van der Waals surface area (Å²) in [5.74, 6) is 2.20. The van der Waals surface area contributed by atoms with Crippen molar-refractivity contribution < 1.29 is 9.53 Å². The molecule has 0 aromatic heterocycles. The second-order valence-corrected chi connectivity index (χ2v) is 9.32. The summed E-state index contributed by atoms with van der Waals surface area (Å²) < 4.78 is 5.36.